The molecule has 1 fully saturated rings. The largest absolute Gasteiger partial charge is 0.355 e. The van der Waals surface area contributed by atoms with E-state index in [2.05, 4.69) is 25.7 Å². The average molecular weight is 353 g/mol. The monoisotopic (exact) mass is 353 g/mol. The summed E-state index contributed by atoms with van der Waals surface area (Å²) < 4.78 is 0. The summed E-state index contributed by atoms with van der Waals surface area (Å²) in [6, 6.07) is 10.5. The molecule has 1 aromatic carbocycles. The molecule has 0 aliphatic carbocycles. The van der Waals surface area contributed by atoms with Gasteiger partial charge in [-0.25, -0.2) is 0 Å². The van der Waals surface area contributed by atoms with Crippen LogP contribution in [0.3, 0.4) is 0 Å². The molecule has 1 saturated heterocycles. The Morgan fingerprint density at radius 2 is 1.62 bits per heavy atom. The van der Waals surface area contributed by atoms with Gasteiger partial charge in [-0.1, -0.05) is 18.9 Å². The van der Waals surface area contributed by atoms with E-state index >= 15 is 0 Å². The van der Waals surface area contributed by atoms with Gasteiger partial charge in [0.2, 0.25) is 5.91 Å². The van der Waals surface area contributed by atoms with E-state index in [0.29, 0.717) is 11.4 Å². The summed E-state index contributed by atoms with van der Waals surface area (Å²) in [6.45, 7) is 3.40. The minimum absolute atomic E-state index is 0.163. The van der Waals surface area contributed by atoms with E-state index in [1.165, 1.54) is 19.8 Å². The maximum absolute atomic E-state index is 12.4. The Balaban J connectivity index is 1.65. The van der Waals surface area contributed by atoms with Gasteiger partial charge in [0.15, 0.2) is 11.5 Å². The van der Waals surface area contributed by atoms with Crippen LogP contribution in [-0.2, 0) is 4.79 Å². The Bertz CT molecular complexity index is 768. The summed E-state index contributed by atoms with van der Waals surface area (Å²) >= 11 is 0. The van der Waals surface area contributed by atoms with Gasteiger partial charge in [-0.15, -0.1) is 10.2 Å². The highest BCUT2D eigenvalue weighted by Crippen LogP contribution is 2.18. The maximum atomic E-state index is 12.4. The molecule has 2 amide bonds. The lowest BCUT2D eigenvalue weighted by Gasteiger charge is -2.20. The Hall–Kier alpha value is -2.96. The second kappa shape index (κ2) is 8.42. The van der Waals surface area contributed by atoms with Crippen molar-refractivity contribution in [3.63, 3.8) is 0 Å². The quantitative estimate of drug-likeness (QED) is 0.882. The van der Waals surface area contributed by atoms with Crippen molar-refractivity contribution in [3.8, 4) is 0 Å². The minimum Gasteiger partial charge on any atom is -0.355 e. The minimum atomic E-state index is -0.333. The molecule has 7 heteroatoms. The zero-order chi connectivity index (χ0) is 18.4. The molecule has 1 aliphatic heterocycles. The summed E-state index contributed by atoms with van der Waals surface area (Å²) in [6.07, 6.45) is 4.83. The van der Waals surface area contributed by atoms with Crippen molar-refractivity contribution in [2.75, 3.05) is 28.6 Å². The predicted molar refractivity (Wildman–Crippen MR) is 101 cm³/mol. The van der Waals surface area contributed by atoms with Gasteiger partial charge in [-0.3, -0.25) is 9.59 Å². The number of hydrogen-bond acceptors (Lipinski definition) is 5. The van der Waals surface area contributed by atoms with Crippen molar-refractivity contribution < 1.29 is 9.59 Å². The molecule has 0 unspecified atom stereocenters. The average Bonchev–Trinajstić information content (AvgIpc) is 2.91. The van der Waals surface area contributed by atoms with Crippen LogP contribution in [0.15, 0.2) is 36.4 Å². The van der Waals surface area contributed by atoms with Crippen molar-refractivity contribution in [1.82, 2.24) is 10.2 Å². The highest BCUT2D eigenvalue weighted by atomic mass is 16.2. The molecule has 1 aromatic heterocycles. The van der Waals surface area contributed by atoms with E-state index in [-0.39, 0.29) is 17.5 Å². The molecule has 2 heterocycles. The third-order valence-electron chi connectivity index (χ3n) is 4.25. The molecule has 0 bridgehead atoms. The van der Waals surface area contributed by atoms with Gasteiger partial charge in [-0.05, 0) is 43.2 Å². The molecule has 7 nitrogen and oxygen atoms in total. The molecule has 2 N–H and O–H groups in total. The van der Waals surface area contributed by atoms with Crippen molar-refractivity contribution in [2.45, 2.75) is 32.6 Å². The van der Waals surface area contributed by atoms with Crippen LogP contribution in [0.5, 0.6) is 0 Å². The van der Waals surface area contributed by atoms with Crippen molar-refractivity contribution in [2.24, 2.45) is 0 Å². The maximum Gasteiger partial charge on any atom is 0.276 e. The summed E-state index contributed by atoms with van der Waals surface area (Å²) in [7, 11) is 0. The lowest BCUT2D eigenvalue weighted by atomic mass is 10.2. The number of nitrogens with one attached hydrogen (secondary N) is 2. The molecule has 0 saturated carbocycles. The fraction of sp³-hybridized carbons (Fsp3) is 0.368. The molecule has 136 valence electrons. The topological polar surface area (TPSA) is 87.2 Å². The molecular weight excluding hydrogens is 330 g/mol. The molecule has 0 spiro atoms. The van der Waals surface area contributed by atoms with E-state index in [4.69, 9.17) is 0 Å². The fourth-order valence-electron chi connectivity index (χ4n) is 2.99. The number of amides is 2. The number of anilines is 3. The number of nitrogens with zero attached hydrogens (tertiary/aromatic N) is 3. The molecule has 1 aliphatic rings. The molecule has 26 heavy (non-hydrogen) atoms. The van der Waals surface area contributed by atoms with Crippen LogP contribution in [0.2, 0.25) is 0 Å². The van der Waals surface area contributed by atoms with Gasteiger partial charge in [0.05, 0.1) is 0 Å². The Kier molecular flexibility index (Phi) is 5.78. The first-order valence-electron chi connectivity index (χ1n) is 8.89. The predicted octanol–water partition coefficient (Wildman–Crippen LogP) is 3.07. The van der Waals surface area contributed by atoms with Crippen molar-refractivity contribution in [1.29, 1.82) is 0 Å². The van der Waals surface area contributed by atoms with E-state index < -0.39 is 0 Å². The highest BCUT2D eigenvalue weighted by Gasteiger charge is 2.14. The summed E-state index contributed by atoms with van der Waals surface area (Å²) in [4.78, 5) is 25.7. The molecule has 3 rings (SSSR count). The van der Waals surface area contributed by atoms with Crippen LogP contribution in [-0.4, -0.2) is 35.1 Å². The first-order chi connectivity index (χ1) is 12.6. The van der Waals surface area contributed by atoms with Crippen LogP contribution < -0.4 is 15.5 Å². The zero-order valence-electron chi connectivity index (χ0n) is 14.9. The van der Waals surface area contributed by atoms with Gasteiger partial charge < -0.3 is 15.5 Å². The number of rotatable bonds is 4. The van der Waals surface area contributed by atoms with E-state index in [9.17, 15) is 9.59 Å². The van der Waals surface area contributed by atoms with Gasteiger partial charge in [0.1, 0.15) is 0 Å². The second-order valence-corrected chi connectivity index (χ2v) is 6.39. The Morgan fingerprint density at radius 1 is 0.923 bits per heavy atom. The Morgan fingerprint density at radius 3 is 2.23 bits per heavy atom. The standard InChI is InChI=1S/C19H23N5O2/c1-14(25)20-15-7-6-8-16(13-15)21-19(26)17-9-10-18(23-22-17)24-11-4-2-3-5-12-24/h6-10,13H,2-5,11-12H2,1H3,(H,20,25)(H,21,26). The van der Waals surface area contributed by atoms with Gasteiger partial charge in [0.25, 0.3) is 5.91 Å². The second-order valence-electron chi connectivity index (χ2n) is 6.39. The first-order valence-corrected chi connectivity index (χ1v) is 8.89. The van der Waals surface area contributed by atoms with Crippen molar-refractivity contribution >= 4 is 29.0 Å². The number of hydrogen-bond donors (Lipinski definition) is 2. The van der Waals surface area contributed by atoms with Crippen LogP contribution in [0.1, 0.15) is 43.1 Å². The van der Waals surface area contributed by atoms with Gasteiger partial charge >= 0.3 is 0 Å². The molecule has 0 radical (unpaired) electrons. The molecular formula is C19H23N5O2. The number of carbonyl (C=O) groups excluding carboxylic acids is 2. The fourth-order valence-corrected chi connectivity index (χ4v) is 2.99. The third kappa shape index (κ3) is 4.78. The van der Waals surface area contributed by atoms with Gasteiger partial charge in [-0.2, -0.15) is 0 Å². The highest BCUT2D eigenvalue weighted by molar-refractivity contribution is 6.03. The van der Waals surface area contributed by atoms with E-state index in [1.807, 2.05) is 6.07 Å². The smallest absolute Gasteiger partial charge is 0.276 e. The van der Waals surface area contributed by atoms with Crippen LogP contribution >= 0.6 is 0 Å². The van der Waals surface area contributed by atoms with Crippen LogP contribution in [0, 0.1) is 0 Å². The summed E-state index contributed by atoms with van der Waals surface area (Å²) in [5.41, 5.74) is 1.46. The number of aromatic nitrogens is 2. The summed E-state index contributed by atoms with van der Waals surface area (Å²) in [5.74, 6) is 0.319. The van der Waals surface area contributed by atoms with Crippen molar-refractivity contribution in [3.05, 3.63) is 42.1 Å². The van der Waals surface area contributed by atoms with Crippen LogP contribution in [0.4, 0.5) is 17.2 Å². The summed E-state index contributed by atoms with van der Waals surface area (Å²) in [5, 5.41) is 13.8. The lowest BCUT2D eigenvalue weighted by Crippen LogP contribution is -2.25. The van der Waals surface area contributed by atoms with E-state index in [1.54, 1.807) is 30.3 Å². The third-order valence-corrected chi connectivity index (χ3v) is 4.25. The lowest BCUT2D eigenvalue weighted by molar-refractivity contribution is -0.114. The Labute approximate surface area is 152 Å². The normalized spacial score (nSPS) is 14.4. The molecule has 2 aromatic rings. The SMILES string of the molecule is CC(=O)Nc1cccc(NC(=O)c2ccc(N3CCCCCC3)nn2)c1. The van der Waals surface area contributed by atoms with E-state index in [0.717, 1.165) is 31.7 Å². The number of carbonyl (C=O) groups is 2. The van der Waals surface area contributed by atoms with Gasteiger partial charge in [0, 0.05) is 31.4 Å². The zero-order valence-corrected chi connectivity index (χ0v) is 14.9. The first kappa shape index (κ1) is 17.8. The van der Waals surface area contributed by atoms with Crippen LogP contribution in [0.25, 0.3) is 0 Å². The molecule has 0 atom stereocenters. The number of benzene rings is 1.